The van der Waals surface area contributed by atoms with Crippen LogP contribution in [0.4, 0.5) is 0 Å². The number of hydrogen-bond donors (Lipinski definition) is 2. The largest absolute Gasteiger partial charge is 0.508 e. The lowest BCUT2D eigenvalue weighted by atomic mass is 9.92. The molecule has 1 unspecified atom stereocenters. The average Bonchev–Trinajstić information content (AvgIpc) is 2.75. The molecule has 0 saturated carbocycles. The summed E-state index contributed by atoms with van der Waals surface area (Å²) in [7, 11) is 1.54. The smallest absolute Gasteiger partial charge is 0.268 e. The molecule has 3 aromatic rings. The van der Waals surface area contributed by atoms with E-state index < -0.39 is 6.04 Å². The molecule has 1 aliphatic heterocycles. The molecule has 3 aromatic carbocycles. The van der Waals surface area contributed by atoms with Crippen molar-refractivity contribution in [3.05, 3.63) is 77.9 Å². The highest BCUT2D eigenvalue weighted by Crippen LogP contribution is 2.35. The number of amides is 2. The zero-order chi connectivity index (χ0) is 20.4. The van der Waals surface area contributed by atoms with Crippen LogP contribution >= 0.6 is 0 Å². The lowest BCUT2D eigenvalue weighted by molar-refractivity contribution is -0.130. The third-order valence-corrected chi connectivity index (χ3v) is 5.11. The number of rotatable bonds is 4. The highest BCUT2D eigenvalue weighted by Gasteiger charge is 2.27. The molecule has 0 radical (unpaired) electrons. The second-order valence-corrected chi connectivity index (χ2v) is 7.00. The van der Waals surface area contributed by atoms with Gasteiger partial charge in [0.15, 0.2) is 0 Å². The fraction of sp³-hybridized carbons (Fsp3) is 0.174. The van der Waals surface area contributed by atoms with E-state index in [2.05, 4.69) is 10.4 Å². The number of nitrogens with zero attached hydrogens (tertiary/aromatic N) is 2. The van der Waals surface area contributed by atoms with Crippen molar-refractivity contribution in [3.63, 3.8) is 0 Å². The van der Waals surface area contributed by atoms with Crippen LogP contribution in [0.3, 0.4) is 0 Å². The number of nitrogens with one attached hydrogen (secondary N) is 1. The summed E-state index contributed by atoms with van der Waals surface area (Å²) in [5.41, 5.74) is 1.77. The van der Waals surface area contributed by atoms with E-state index in [1.54, 1.807) is 13.1 Å². The first kappa shape index (κ1) is 18.7. The minimum Gasteiger partial charge on any atom is -0.508 e. The number of hydrazone groups is 1. The third-order valence-electron chi connectivity index (χ3n) is 5.11. The molecule has 6 heteroatoms. The maximum Gasteiger partial charge on any atom is 0.268 e. The molecule has 4 rings (SSSR count). The average molecular weight is 387 g/mol. The molecule has 1 aliphatic rings. The second kappa shape index (κ2) is 7.75. The Morgan fingerprint density at radius 1 is 1.03 bits per heavy atom. The minimum atomic E-state index is -0.569. The van der Waals surface area contributed by atoms with Crippen molar-refractivity contribution in [1.29, 1.82) is 0 Å². The summed E-state index contributed by atoms with van der Waals surface area (Å²) in [6.45, 7) is 0. The Kier molecular flexibility index (Phi) is 4.99. The van der Waals surface area contributed by atoms with E-state index in [4.69, 9.17) is 0 Å². The van der Waals surface area contributed by atoms with Gasteiger partial charge in [-0.3, -0.25) is 9.59 Å². The standard InChI is InChI=1S/C23H21N3O3/c1-26-20(28)14-12-18(25-26)23(29)24-22(16-8-3-2-4-9-16)21-17-10-6-5-7-15(17)11-13-19(21)27/h2-11,13,22,27H,12,14H2,1H3,(H,24,29). The summed E-state index contributed by atoms with van der Waals surface area (Å²) in [6, 6.07) is 20.2. The van der Waals surface area contributed by atoms with Gasteiger partial charge in [-0.1, -0.05) is 60.7 Å². The Bertz CT molecular complexity index is 1110. The van der Waals surface area contributed by atoms with Gasteiger partial charge in [0.25, 0.3) is 5.91 Å². The fourth-order valence-electron chi connectivity index (χ4n) is 3.60. The van der Waals surface area contributed by atoms with Crippen molar-refractivity contribution >= 4 is 28.3 Å². The number of fused-ring (bicyclic) bond motifs is 1. The molecule has 1 atom stereocenters. The van der Waals surface area contributed by atoms with Gasteiger partial charge in [-0.2, -0.15) is 5.10 Å². The molecule has 0 fully saturated rings. The van der Waals surface area contributed by atoms with E-state index in [0.29, 0.717) is 11.3 Å². The minimum absolute atomic E-state index is 0.107. The van der Waals surface area contributed by atoms with Crippen molar-refractivity contribution in [3.8, 4) is 5.75 Å². The molecular formula is C23H21N3O3. The van der Waals surface area contributed by atoms with Crippen LogP contribution in [-0.4, -0.2) is 34.7 Å². The van der Waals surface area contributed by atoms with Gasteiger partial charge >= 0.3 is 0 Å². The van der Waals surface area contributed by atoms with Gasteiger partial charge < -0.3 is 10.4 Å². The fourth-order valence-corrected chi connectivity index (χ4v) is 3.60. The lowest BCUT2D eigenvalue weighted by Crippen LogP contribution is -2.39. The quantitative estimate of drug-likeness (QED) is 0.720. The van der Waals surface area contributed by atoms with Crippen LogP contribution in [0.1, 0.15) is 30.0 Å². The number of carbonyl (C=O) groups is 2. The van der Waals surface area contributed by atoms with Gasteiger partial charge in [0.2, 0.25) is 5.91 Å². The summed E-state index contributed by atoms with van der Waals surface area (Å²) in [5, 5.41) is 20.9. The SMILES string of the molecule is CN1N=C(C(=O)NC(c2ccccc2)c2c(O)ccc3ccccc23)CCC1=O. The summed E-state index contributed by atoms with van der Waals surface area (Å²) in [6.07, 6.45) is 0.538. The molecule has 0 aromatic heterocycles. The number of phenolic OH excluding ortho intramolecular Hbond substituents is 1. The molecule has 6 nitrogen and oxygen atoms in total. The van der Waals surface area contributed by atoms with E-state index in [0.717, 1.165) is 16.3 Å². The Morgan fingerprint density at radius 3 is 2.52 bits per heavy atom. The maximum absolute atomic E-state index is 13.0. The zero-order valence-corrected chi connectivity index (χ0v) is 16.0. The Hall–Kier alpha value is -3.67. The van der Waals surface area contributed by atoms with Gasteiger partial charge in [-0.25, -0.2) is 5.01 Å². The summed E-state index contributed by atoms with van der Waals surface area (Å²) in [4.78, 5) is 24.7. The van der Waals surface area contributed by atoms with E-state index in [1.165, 1.54) is 5.01 Å². The number of carbonyl (C=O) groups excluding carboxylic acids is 2. The van der Waals surface area contributed by atoms with Crippen LogP contribution < -0.4 is 5.32 Å². The van der Waals surface area contributed by atoms with E-state index in [1.807, 2.05) is 60.7 Å². The molecular weight excluding hydrogens is 366 g/mol. The van der Waals surface area contributed by atoms with Crippen LogP contribution in [-0.2, 0) is 9.59 Å². The van der Waals surface area contributed by atoms with E-state index >= 15 is 0 Å². The van der Waals surface area contributed by atoms with Crippen molar-refractivity contribution in [2.24, 2.45) is 5.10 Å². The van der Waals surface area contributed by atoms with Gasteiger partial charge in [0.05, 0.1) is 6.04 Å². The number of benzene rings is 3. The molecule has 0 bridgehead atoms. The predicted molar refractivity (Wildman–Crippen MR) is 111 cm³/mol. The Labute approximate surface area is 168 Å². The van der Waals surface area contributed by atoms with Crippen molar-refractivity contribution in [2.45, 2.75) is 18.9 Å². The van der Waals surface area contributed by atoms with Crippen LogP contribution in [0.25, 0.3) is 10.8 Å². The number of phenols is 1. The summed E-state index contributed by atoms with van der Waals surface area (Å²) < 4.78 is 0. The van der Waals surface area contributed by atoms with Crippen LogP contribution in [0.5, 0.6) is 5.75 Å². The van der Waals surface area contributed by atoms with Crippen molar-refractivity contribution < 1.29 is 14.7 Å². The van der Waals surface area contributed by atoms with E-state index in [-0.39, 0.29) is 30.4 Å². The predicted octanol–water partition coefficient (Wildman–Crippen LogP) is 3.36. The van der Waals surface area contributed by atoms with Gasteiger partial charge in [0, 0.05) is 25.5 Å². The Morgan fingerprint density at radius 2 is 1.76 bits per heavy atom. The molecule has 0 aliphatic carbocycles. The van der Waals surface area contributed by atoms with Gasteiger partial charge in [0.1, 0.15) is 11.5 Å². The zero-order valence-electron chi connectivity index (χ0n) is 16.0. The lowest BCUT2D eigenvalue weighted by Gasteiger charge is -2.24. The van der Waals surface area contributed by atoms with Crippen LogP contribution in [0.15, 0.2) is 71.8 Å². The first-order valence-corrected chi connectivity index (χ1v) is 9.45. The summed E-state index contributed by atoms with van der Waals surface area (Å²) in [5.74, 6) is -0.367. The molecule has 2 amide bonds. The highest BCUT2D eigenvalue weighted by atomic mass is 16.3. The Balaban J connectivity index is 1.79. The topological polar surface area (TPSA) is 82.0 Å². The first-order chi connectivity index (χ1) is 14.0. The molecule has 2 N–H and O–H groups in total. The second-order valence-electron chi connectivity index (χ2n) is 7.00. The first-order valence-electron chi connectivity index (χ1n) is 9.45. The van der Waals surface area contributed by atoms with Gasteiger partial charge in [-0.15, -0.1) is 0 Å². The molecule has 1 heterocycles. The normalized spacial score (nSPS) is 15.1. The van der Waals surface area contributed by atoms with Gasteiger partial charge in [-0.05, 0) is 22.4 Å². The molecule has 29 heavy (non-hydrogen) atoms. The van der Waals surface area contributed by atoms with Crippen molar-refractivity contribution in [2.75, 3.05) is 7.05 Å². The van der Waals surface area contributed by atoms with Crippen molar-refractivity contribution in [1.82, 2.24) is 10.3 Å². The van der Waals surface area contributed by atoms with Crippen LogP contribution in [0.2, 0.25) is 0 Å². The monoisotopic (exact) mass is 387 g/mol. The third kappa shape index (κ3) is 3.69. The van der Waals surface area contributed by atoms with Crippen LogP contribution in [0, 0.1) is 0 Å². The molecule has 146 valence electrons. The van der Waals surface area contributed by atoms with E-state index in [9.17, 15) is 14.7 Å². The highest BCUT2D eigenvalue weighted by molar-refractivity contribution is 6.39. The number of aromatic hydroxyl groups is 1. The molecule has 0 spiro atoms. The summed E-state index contributed by atoms with van der Waals surface area (Å²) >= 11 is 0. The number of hydrogen-bond acceptors (Lipinski definition) is 4. The molecule has 0 saturated heterocycles. The maximum atomic E-state index is 13.0.